The standard InChI is InChI=1S/C15H21ClN2O5S/c1-15(4-5-24(20,21)9-15)17-8-14(19)18-11-7-12(22-2)10(16)6-13(11)23-3/h6-7,17H,4-5,8-9H2,1-3H3,(H,18,19). The molecule has 0 aliphatic carbocycles. The molecule has 1 heterocycles. The molecule has 0 saturated carbocycles. The number of methoxy groups -OCH3 is 2. The molecule has 1 saturated heterocycles. The van der Waals surface area contributed by atoms with Crippen molar-refractivity contribution in [3.05, 3.63) is 17.2 Å². The number of sulfone groups is 1. The number of amides is 1. The fourth-order valence-electron chi connectivity index (χ4n) is 2.60. The van der Waals surface area contributed by atoms with Crippen LogP contribution in [0.1, 0.15) is 13.3 Å². The fraction of sp³-hybridized carbons (Fsp3) is 0.533. The number of ether oxygens (including phenoxy) is 2. The summed E-state index contributed by atoms with van der Waals surface area (Å²) >= 11 is 6.02. The maximum Gasteiger partial charge on any atom is 0.238 e. The highest BCUT2D eigenvalue weighted by atomic mass is 35.5. The Labute approximate surface area is 146 Å². The molecule has 9 heteroatoms. The van der Waals surface area contributed by atoms with Crippen molar-refractivity contribution in [2.75, 3.05) is 37.6 Å². The molecule has 134 valence electrons. The molecule has 1 unspecified atom stereocenters. The second-order valence-corrected chi connectivity index (χ2v) is 8.58. The Morgan fingerprint density at radius 1 is 1.29 bits per heavy atom. The van der Waals surface area contributed by atoms with Gasteiger partial charge in [0.1, 0.15) is 11.5 Å². The van der Waals surface area contributed by atoms with Crippen LogP contribution in [0.4, 0.5) is 5.69 Å². The Balaban J connectivity index is 2.02. The van der Waals surface area contributed by atoms with E-state index < -0.39 is 15.4 Å². The molecule has 1 aromatic carbocycles. The van der Waals surface area contributed by atoms with Crippen LogP contribution in [0.3, 0.4) is 0 Å². The Morgan fingerprint density at radius 2 is 1.96 bits per heavy atom. The minimum Gasteiger partial charge on any atom is -0.495 e. The maximum atomic E-state index is 12.2. The summed E-state index contributed by atoms with van der Waals surface area (Å²) in [5.41, 5.74) is -0.160. The SMILES string of the molecule is COc1cc(NC(=O)CNC2(C)CCS(=O)(=O)C2)c(OC)cc1Cl. The third kappa shape index (κ3) is 4.52. The summed E-state index contributed by atoms with van der Waals surface area (Å²) in [5.74, 6) is 0.674. The second-order valence-electron chi connectivity index (χ2n) is 5.99. The van der Waals surface area contributed by atoms with E-state index in [0.29, 0.717) is 28.6 Å². The number of carbonyl (C=O) groups excluding carboxylic acids is 1. The van der Waals surface area contributed by atoms with Crippen molar-refractivity contribution in [1.29, 1.82) is 0 Å². The molecule has 1 amide bonds. The van der Waals surface area contributed by atoms with Crippen molar-refractivity contribution in [2.24, 2.45) is 0 Å². The van der Waals surface area contributed by atoms with Crippen molar-refractivity contribution in [2.45, 2.75) is 18.9 Å². The molecule has 0 radical (unpaired) electrons. The number of hydrogen-bond acceptors (Lipinski definition) is 6. The first-order valence-electron chi connectivity index (χ1n) is 7.35. The normalized spacial score (nSPS) is 22.2. The quantitative estimate of drug-likeness (QED) is 0.780. The first-order valence-corrected chi connectivity index (χ1v) is 9.55. The van der Waals surface area contributed by atoms with Crippen molar-refractivity contribution < 1.29 is 22.7 Å². The molecule has 0 spiro atoms. The van der Waals surface area contributed by atoms with Gasteiger partial charge in [-0.15, -0.1) is 0 Å². The lowest BCUT2D eigenvalue weighted by Crippen LogP contribution is -2.46. The molecule has 1 aliphatic heterocycles. The summed E-state index contributed by atoms with van der Waals surface area (Å²) in [7, 11) is -0.0874. The number of anilines is 1. The number of carbonyl (C=O) groups is 1. The zero-order valence-electron chi connectivity index (χ0n) is 13.8. The van der Waals surface area contributed by atoms with Gasteiger partial charge in [0, 0.05) is 17.7 Å². The number of halogens is 1. The van der Waals surface area contributed by atoms with Crippen LogP contribution in [-0.2, 0) is 14.6 Å². The topological polar surface area (TPSA) is 93.7 Å². The van der Waals surface area contributed by atoms with E-state index >= 15 is 0 Å². The zero-order chi connectivity index (χ0) is 18.0. The molecule has 1 atom stereocenters. The molecule has 1 aromatic rings. The smallest absolute Gasteiger partial charge is 0.238 e. The predicted molar refractivity (Wildman–Crippen MR) is 92.9 cm³/mol. The second kappa shape index (κ2) is 7.16. The van der Waals surface area contributed by atoms with Crippen LogP contribution in [0.5, 0.6) is 11.5 Å². The van der Waals surface area contributed by atoms with Gasteiger partial charge in [0.2, 0.25) is 5.91 Å². The van der Waals surface area contributed by atoms with Crippen molar-refractivity contribution in [3.63, 3.8) is 0 Å². The summed E-state index contributed by atoms with van der Waals surface area (Å²) < 4.78 is 33.5. The highest BCUT2D eigenvalue weighted by Crippen LogP contribution is 2.35. The Hall–Kier alpha value is -1.51. The lowest BCUT2D eigenvalue weighted by molar-refractivity contribution is -0.115. The molecule has 24 heavy (non-hydrogen) atoms. The summed E-state index contributed by atoms with van der Waals surface area (Å²) in [4.78, 5) is 12.2. The first kappa shape index (κ1) is 18.8. The molecular formula is C15H21ClN2O5S. The molecular weight excluding hydrogens is 356 g/mol. The van der Waals surface area contributed by atoms with Gasteiger partial charge in [-0.2, -0.15) is 0 Å². The average molecular weight is 377 g/mol. The van der Waals surface area contributed by atoms with E-state index in [0.717, 1.165) is 0 Å². The predicted octanol–water partition coefficient (Wildman–Crippen LogP) is 1.46. The van der Waals surface area contributed by atoms with E-state index in [1.165, 1.54) is 14.2 Å². The van der Waals surface area contributed by atoms with Gasteiger partial charge in [0.15, 0.2) is 9.84 Å². The number of rotatable bonds is 6. The maximum absolute atomic E-state index is 12.2. The minimum atomic E-state index is -3.03. The van der Waals surface area contributed by atoms with E-state index in [1.54, 1.807) is 19.1 Å². The van der Waals surface area contributed by atoms with Crippen LogP contribution in [0.15, 0.2) is 12.1 Å². The van der Waals surface area contributed by atoms with Crippen molar-refractivity contribution in [3.8, 4) is 11.5 Å². The van der Waals surface area contributed by atoms with E-state index in [-0.39, 0.29) is 24.0 Å². The van der Waals surface area contributed by atoms with Crippen molar-refractivity contribution >= 4 is 33.0 Å². The molecule has 2 rings (SSSR count). The van der Waals surface area contributed by atoms with Crippen LogP contribution in [-0.4, -0.2) is 52.1 Å². The highest BCUT2D eigenvalue weighted by Gasteiger charge is 2.38. The van der Waals surface area contributed by atoms with Gasteiger partial charge >= 0.3 is 0 Å². The number of hydrogen-bond donors (Lipinski definition) is 2. The zero-order valence-corrected chi connectivity index (χ0v) is 15.4. The van der Waals surface area contributed by atoms with E-state index in [1.807, 2.05) is 0 Å². The van der Waals surface area contributed by atoms with Gasteiger partial charge in [0.05, 0.1) is 43.0 Å². The monoisotopic (exact) mass is 376 g/mol. The minimum absolute atomic E-state index is 0.0138. The van der Waals surface area contributed by atoms with E-state index in [4.69, 9.17) is 21.1 Å². The fourth-order valence-corrected chi connectivity index (χ4v) is 4.95. The third-order valence-electron chi connectivity index (χ3n) is 3.93. The Bertz CT molecular complexity index is 738. The number of nitrogens with one attached hydrogen (secondary N) is 2. The molecule has 0 aromatic heterocycles. The number of benzene rings is 1. The summed E-state index contributed by atoms with van der Waals surface area (Å²) in [6.45, 7) is 1.79. The molecule has 7 nitrogen and oxygen atoms in total. The van der Waals surface area contributed by atoms with E-state index in [9.17, 15) is 13.2 Å². The van der Waals surface area contributed by atoms with Gasteiger partial charge in [-0.25, -0.2) is 8.42 Å². The van der Waals surface area contributed by atoms with Crippen LogP contribution in [0.25, 0.3) is 0 Å². The largest absolute Gasteiger partial charge is 0.495 e. The van der Waals surface area contributed by atoms with E-state index in [2.05, 4.69) is 10.6 Å². The van der Waals surface area contributed by atoms with Crippen LogP contribution in [0, 0.1) is 0 Å². The molecule has 1 aliphatic rings. The summed E-state index contributed by atoms with van der Waals surface area (Å²) in [5, 5.41) is 6.10. The third-order valence-corrected chi connectivity index (χ3v) is 6.13. The van der Waals surface area contributed by atoms with Gasteiger partial charge in [-0.05, 0) is 13.3 Å². The van der Waals surface area contributed by atoms with Gasteiger partial charge < -0.3 is 20.1 Å². The lowest BCUT2D eigenvalue weighted by Gasteiger charge is -2.23. The summed E-state index contributed by atoms with van der Waals surface area (Å²) in [6.07, 6.45) is 0.487. The molecule has 1 fully saturated rings. The summed E-state index contributed by atoms with van der Waals surface area (Å²) in [6, 6.07) is 3.12. The molecule has 2 N–H and O–H groups in total. The first-order chi connectivity index (χ1) is 11.2. The van der Waals surface area contributed by atoms with Crippen molar-refractivity contribution in [1.82, 2.24) is 5.32 Å². The van der Waals surface area contributed by atoms with Gasteiger partial charge in [0.25, 0.3) is 0 Å². The van der Waals surface area contributed by atoms with Gasteiger partial charge in [-0.1, -0.05) is 11.6 Å². The highest BCUT2D eigenvalue weighted by molar-refractivity contribution is 7.91. The molecule has 0 bridgehead atoms. The average Bonchev–Trinajstić information content (AvgIpc) is 2.80. The Morgan fingerprint density at radius 3 is 2.50 bits per heavy atom. The Kier molecular flexibility index (Phi) is 5.62. The van der Waals surface area contributed by atoms with Crippen LogP contribution >= 0.6 is 11.6 Å². The van der Waals surface area contributed by atoms with Gasteiger partial charge in [-0.3, -0.25) is 4.79 Å². The van der Waals surface area contributed by atoms with Crippen LogP contribution in [0.2, 0.25) is 5.02 Å². The van der Waals surface area contributed by atoms with Crippen LogP contribution < -0.4 is 20.1 Å². The lowest BCUT2D eigenvalue weighted by atomic mass is 10.0.